The van der Waals surface area contributed by atoms with Crippen molar-refractivity contribution in [3.63, 3.8) is 0 Å². The Morgan fingerprint density at radius 1 is 0.364 bits per heavy atom. The zero-order chi connectivity index (χ0) is 86.7. The van der Waals surface area contributed by atoms with Crippen molar-refractivity contribution in [3.05, 3.63) is 0 Å². The van der Waals surface area contributed by atoms with Gasteiger partial charge in [-0.3, -0.25) is 24.0 Å². The van der Waals surface area contributed by atoms with E-state index in [9.17, 15) is 39.0 Å². The lowest BCUT2D eigenvalue weighted by atomic mass is 9.52. The summed E-state index contributed by atoms with van der Waals surface area (Å²) in [5.74, 6) is 35.0. The van der Waals surface area contributed by atoms with Crippen molar-refractivity contribution < 1.29 is 72.9 Å². The van der Waals surface area contributed by atoms with E-state index in [1.165, 1.54) is 81.5 Å². The van der Waals surface area contributed by atoms with Crippen LogP contribution in [0, 0.1) is 278 Å². The molecule has 0 radical (unpaired) electrons. The summed E-state index contributed by atoms with van der Waals surface area (Å²) in [6.07, 6.45) is 28.7. The van der Waals surface area contributed by atoms with Gasteiger partial charge in [-0.05, 0) is 452 Å². The number of carboxylic acids is 1. The maximum absolute atomic E-state index is 12.6. The summed E-state index contributed by atoms with van der Waals surface area (Å²) in [7, 11) is 0. The number of hydrogen-bond donors (Lipinski definition) is 4. The van der Waals surface area contributed by atoms with E-state index in [4.69, 9.17) is 33.9 Å². The monoisotopic (exact) mass is 1680 g/mol. The summed E-state index contributed by atoms with van der Waals surface area (Å²) in [6, 6.07) is 0. The van der Waals surface area contributed by atoms with Gasteiger partial charge in [-0.1, -0.05) is 90.0 Å². The molecule has 0 spiro atoms. The topological polar surface area (TPSA) is 229 Å². The van der Waals surface area contributed by atoms with E-state index in [0.29, 0.717) is 71.5 Å². The summed E-state index contributed by atoms with van der Waals surface area (Å²) in [6.45, 7) is 46.0. The Morgan fingerprint density at radius 2 is 0.719 bits per heavy atom. The smallest absolute Gasteiger partial charge is 0.344 e. The van der Waals surface area contributed by atoms with Gasteiger partial charge in [0.15, 0.2) is 6.61 Å². The Balaban J connectivity index is 0.000000102. The molecule has 0 heterocycles. The summed E-state index contributed by atoms with van der Waals surface area (Å²) in [5, 5.41) is 38.2. The number of carboxylic acid groups (broad SMARTS) is 1. The third kappa shape index (κ3) is 15.7. The van der Waals surface area contributed by atoms with Crippen LogP contribution < -0.4 is 0 Å². The first-order valence-electron chi connectivity index (χ1n) is 51.2. The SMILES string of the molecule is CC1C(C)C2CC1C1C3CC(C(=O)OC(C)(C)C)C(C3)C21.CC1C(C)C2CC1C1C3CC(C(=O)OCC(=O)OC(C)(C)C)C(C3)C21.CC1C(C)C2CC1C1C3CC(O)C(C3)C21.CC1C(C)C2CC1C1C3CCC(C3)C21.CC1C2CC(C(=O)O)C(C2)C1C.CC1C2CC(C(=O)OCCO)C(C2)C1C.CCC(C)(C)C(=O)OC12CC3CC(CC(O)(C3)C1)C2. The van der Waals surface area contributed by atoms with Gasteiger partial charge < -0.3 is 44.1 Å². The Morgan fingerprint density at radius 3 is 1.12 bits per heavy atom. The third-order valence-electron chi connectivity index (χ3n) is 43.5. The minimum atomic E-state index is -0.568. The van der Waals surface area contributed by atoms with Crippen LogP contribution in [0.15, 0.2) is 0 Å². The van der Waals surface area contributed by atoms with Crippen molar-refractivity contribution in [2.45, 2.75) is 328 Å². The predicted molar refractivity (Wildman–Crippen MR) is 467 cm³/mol. The summed E-state index contributed by atoms with van der Waals surface area (Å²) in [4.78, 5) is 71.9. The van der Waals surface area contributed by atoms with Crippen LogP contribution in [0.2, 0.25) is 0 Å². The van der Waals surface area contributed by atoms with E-state index in [-0.39, 0.29) is 84.7 Å². The van der Waals surface area contributed by atoms with E-state index in [0.717, 1.165) is 224 Å². The number of rotatable bonds is 11. The van der Waals surface area contributed by atoms with Crippen LogP contribution in [0.25, 0.3) is 0 Å². The molecule has 0 saturated heterocycles. The number of hydrogen-bond acceptors (Lipinski definition) is 14. The first-order valence-corrected chi connectivity index (χ1v) is 51.2. The van der Waals surface area contributed by atoms with Gasteiger partial charge in [-0.15, -0.1) is 0 Å². The number of fused-ring (bicyclic) bond motifs is 40. The second-order valence-corrected chi connectivity index (χ2v) is 50.9. The lowest BCUT2D eigenvalue weighted by molar-refractivity contribution is -0.225. The van der Waals surface area contributed by atoms with Crippen LogP contribution in [0.4, 0.5) is 0 Å². The molecule has 24 rings (SSSR count). The number of carbonyl (C=O) groups is 6. The van der Waals surface area contributed by atoms with Crippen LogP contribution in [0.5, 0.6) is 0 Å². The fourth-order valence-corrected chi connectivity index (χ4v) is 37.8. The van der Waals surface area contributed by atoms with Crippen LogP contribution in [-0.2, 0) is 52.5 Å². The Labute approximate surface area is 730 Å². The van der Waals surface area contributed by atoms with Crippen molar-refractivity contribution in [2.75, 3.05) is 19.8 Å². The number of aliphatic hydroxyl groups excluding tert-OH is 2. The first kappa shape index (κ1) is 89.7. The lowest BCUT2D eigenvalue weighted by Crippen LogP contribution is -2.61. The van der Waals surface area contributed by atoms with Gasteiger partial charge in [-0.25, -0.2) is 4.79 Å². The molecule has 47 unspecified atom stereocenters. The molecule has 0 amide bonds. The van der Waals surface area contributed by atoms with Gasteiger partial charge in [0.1, 0.15) is 23.4 Å². The molecule has 0 aromatic heterocycles. The second-order valence-electron chi connectivity index (χ2n) is 50.9. The van der Waals surface area contributed by atoms with Crippen LogP contribution in [0.3, 0.4) is 0 Å². The molecule has 15 nitrogen and oxygen atoms in total. The molecule has 121 heavy (non-hydrogen) atoms. The molecular formula is C106H168O15. The molecule has 24 saturated carbocycles. The Kier molecular flexibility index (Phi) is 24.4. The van der Waals surface area contributed by atoms with E-state index < -0.39 is 28.6 Å². The summed E-state index contributed by atoms with van der Waals surface area (Å²) in [5.41, 5.74) is -2.21. The maximum Gasteiger partial charge on any atom is 0.344 e. The highest BCUT2D eigenvalue weighted by atomic mass is 16.6. The molecule has 0 aromatic carbocycles. The van der Waals surface area contributed by atoms with Gasteiger partial charge in [0, 0.05) is 6.42 Å². The van der Waals surface area contributed by atoms with Gasteiger partial charge in [-0.2, -0.15) is 0 Å². The number of aliphatic hydroxyl groups is 3. The highest BCUT2D eigenvalue weighted by Crippen LogP contribution is 2.76. The predicted octanol–water partition coefficient (Wildman–Crippen LogP) is 20.4. The van der Waals surface area contributed by atoms with Crippen molar-refractivity contribution >= 4 is 35.8 Å². The van der Waals surface area contributed by atoms with E-state index in [1.807, 2.05) is 62.3 Å². The van der Waals surface area contributed by atoms with Crippen molar-refractivity contribution in [1.29, 1.82) is 0 Å². The molecule has 0 aromatic rings. The van der Waals surface area contributed by atoms with Gasteiger partial charge in [0.05, 0.1) is 47.4 Å². The van der Waals surface area contributed by atoms with Gasteiger partial charge in [0.25, 0.3) is 0 Å². The molecule has 24 aliphatic rings. The summed E-state index contributed by atoms with van der Waals surface area (Å²) >= 11 is 0. The molecule has 0 aliphatic heterocycles. The largest absolute Gasteiger partial charge is 0.481 e. The second kappa shape index (κ2) is 33.0. The fourth-order valence-electron chi connectivity index (χ4n) is 37.8. The zero-order valence-corrected chi connectivity index (χ0v) is 79.0. The van der Waals surface area contributed by atoms with Gasteiger partial charge in [0.2, 0.25) is 0 Å². The molecule has 4 N–H and O–H groups in total. The number of ether oxygens (including phenoxy) is 5. The maximum atomic E-state index is 12.6. The minimum Gasteiger partial charge on any atom is -0.481 e. The average molecular weight is 1680 g/mol. The Hall–Kier alpha value is -3.30. The number of aliphatic carboxylic acids is 1. The zero-order valence-electron chi connectivity index (χ0n) is 79.0. The van der Waals surface area contributed by atoms with E-state index in [2.05, 4.69) is 83.1 Å². The third-order valence-corrected chi connectivity index (χ3v) is 43.5. The van der Waals surface area contributed by atoms with Crippen molar-refractivity contribution in [1.82, 2.24) is 0 Å². The molecule has 24 bridgehead atoms. The number of carbonyl (C=O) groups excluding carboxylic acids is 5. The van der Waals surface area contributed by atoms with E-state index in [1.54, 1.807) is 25.7 Å². The Bertz CT molecular complexity index is 3750. The molecule has 682 valence electrons. The molecule has 15 heteroatoms. The highest BCUT2D eigenvalue weighted by Gasteiger charge is 2.71. The first-order chi connectivity index (χ1) is 56.9. The van der Waals surface area contributed by atoms with E-state index >= 15 is 0 Å². The van der Waals surface area contributed by atoms with Crippen LogP contribution in [-0.4, -0.2) is 105 Å². The van der Waals surface area contributed by atoms with Gasteiger partial charge >= 0.3 is 35.8 Å². The molecule has 47 atom stereocenters. The lowest BCUT2D eigenvalue weighted by Gasteiger charge is -2.59. The average Bonchev–Trinajstić information content (AvgIpc) is 1.62. The molecule has 24 aliphatic carbocycles. The quantitative estimate of drug-likeness (QED) is 0.0856. The summed E-state index contributed by atoms with van der Waals surface area (Å²) < 4.78 is 27.3. The molecular weight excluding hydrogens is 1510 g/mol. The highest BCUT2D eigenvalue weighted by molar-refractivity contribution is 5.79. The standard InChI is InChI=1S/C21H32O4.C19H30O2.C16H26O3.C14H22O.C14H22.C12H20O3.C10H16O2/c1-10-11(2)14-8-13(10)18-12-6-15(19(14)18)16(7-12)20(23)24-9-17(22)25-21(3,4)5;1-9-10(2)13-8-12(9)16-11-6-14(17(13)16)15(7-11)18(20)21-19(3,4)5;1-4-14(2,3)13(17)19-16-8-11-5-12(9-16)7-15(18,6-11)10-16;1-6-7(2)10-5-9(6)13-8-3-11(14(10)13)12(15)4-8;1-7-8(2)12-6-11(7)13-9-3-4-10(5-9)14(12)13;1-7-8(2)10-5-9(7)6-11(10)12(14)15-4-3-13;1-5-6(2)8-3-7(5)4-9(8)10(11)12/h10-16,18-19H,6-9H2,1-5H3;9-17H,6-8H2,1-5H3;11-12,18H,4-10H2,1-3H3;6-15H,3-5H2,1-2H3;7-14H,3-6H2,1-2H3;7-11,13H,3-6H2,1-2H3;5-9H,3-4H2,1-2H3,(H,11,12). The molecule has 24 fully saturated rings. The van der Waals surface area contributed by atoms with Crippen LogP contribution >= 0.6 is 0 Å². The minimum absolute atomic E-state index is 0.00976. The number of esters is 5. The van der Waals surface area contributed by atoms with Crippen LogP contribution in [0.1, 0.15) is 299 Å². The van der Waals surface area contributed by atoms with Crippen molar-refractivity contribution in [3.8, 4) is 0 Å². The van der Waals surface area contributed by atoms with Crippen molar-refractivity contribution in [2.24, 2.45) is 278 Å². The fraction of sp³-hybridized carbons (Fsp3) is 0.943. The normalized spacial score (nSPS) is 53.2.